The van der Waals surface area contributed by atoms with Crippen LogP contribution >= 0.6 is 15.9 Å². The summed E-state index contributed by atoms with van der Waals surface area (Å²) in [5, 5.41) is 0. The first kappa shape index (κ1) is 15.1. The van der Waals surface area contributed by atoms with Crippen molar-refractivity contribution in [2.75, 3.05) is 7.11 Å². The predicted octanol–water partition coefficient (Wildman–Crippen LogP) is 5.64. The molecule has 106 valence electrons. The second-order valence-electron chi connectivity index (χ2n) is 4.94. The van der Waals surface area contributed by atoms with E-state index in [-0.39, 0.29) is 0 Å². The van der Waals surface area contributed by atoms with Gasteiger partial charge in [-0.1, -0.05) is 54.4 Å². The number of hydrogen-bond acceptors (Lipinski definition) is 1. The maximum Gasteiger partial charge on any atom is 0.119 e. The third kappa shape index (κ3) is 3.24. The van der Waals surface area contributed by atoms with Crippen molar-refractivity contribution >= 4 is 15.9 Å². The van der Waals surface area contributed by atoms with Crippen molar-refractivity contribution < 1.29 is 4.74 Å². The first-order chi connectivity index (χ1) is 9.69. The minimum Gasteiger partial charge on any atom is -0.497 e. The molecule has 0 aliphatic rings. The van der Waals surface area contributed by atoms with Crippen LogP contribution in [-0.2, 0) is 12.8 Å². The van der Waals surface area contributed by atoms with Crippen LogP contribution in [0.4, 0.5) is 0 Å². The van der Waals surface area contributed by atoms with Crippen molar-refractivity contribution in [3.05, 3.63) is 52.0 Å². The Morgan fingerprint density at radius 1 is 1.00 bits per heavy atom. The van der Waals surface area contributed by atoms with Gasteiger partial charge < -0.3 is 4.74 Å². The molecule has 0 atom stereocenters. The van der Waals surface area contributed by atoms with Gasteiger partial charge in [-0.3, -0.25) is 0 Å². The van der Waals surface area contributed by atoms with Gasteiger partial charge in [0.15, 0.2) is 0 Å². The molecule has 20 heavy (non-hydrogen) atoms. The zero-order chi connectivity index (χ0) is 14.5. The Balaban J connectivity index is 2.59. The molecule has 2 heteroatoms. The van der Waals surface area contributed by atoms with Crippen molar-refractivity contribution in [2.24, 2.45) is 0 Å². The smallest absolute Gasteiger partial charge is 0.119 e. The molecule has 0 amide bonds. The average molecular weight is 333 g/mol. The SMILES string of the molecule is CCCc1ccc(OC)cc1-c1cc(CC)ccc1Br. The van der Waals surface area contributed by atoms with Crippen LogP contribution in [0, 0.1) is 0 Å². The fraction of sp³-hybridized carbons (Fsp3) is 0.333. The Kier molecular flexibility index (Phi) is 5.24. The van der Waals surface area contributed by atoms with Crippen molar-refractivity contribution in [3.63, 3.8) is 0 Å². The molecule has 0 saturated heterocycles. The molecular formula is C18H21BrO. The highest BCUT2D eigenvalue weighted by Crippen LogP contribution is 2.34. The molecule has 0 heterocycles. The number of rotatable bonds is 5. The summed E-state index contributed by atoms with van der Waals surface area (Å²) in [6.45, 7) is 4.40. The zero-order valence-electron chi connectivity index (χ0n) is 12.4. The Morgan fingerprint density at radius 2 is 1.80 bits per heavy atom. The highest BCUT2D eigenvalue weighted by Gasteiger charge is 2.10. The molecule has 0 bridgehead atoms. The molecule has 0 spiro atoms. The van der Waals surface area contributed by atoms with E-state index in [0.29, 0.717) is 0 Å². The van der Waals surface area contributed by atoms with Gasteiger partial charge in [-0.05, 0) is 53.3 Å². The van der Waals surface area contributed by atoms with E-state index in [2.05, 4.69) is 60.1 Å². The van der Waals surface area contributed by atoms with E-state index in [9.17, 15) is 0 Å². The van der Waals surface area contributed by atoms with Crippen LogP contribution in [-0.4, -0.2) is 7.11 Å². The van der Waals surface area contributed by atoms with Crippen LogP contribution in [0.25, 0.3) is 11.1 Å². The molecule has 0 fully saturated rings. The van der Waals surface area contributed by atoms with E-state index in [1.807, 2.05) is 6.07 Å². The lowest BCUT2D eigenvalue weighted by atomic mass is 9.95. The van der Waals surface area contributed by atoms with Crippen molar-refractivity contribution in [1.29, 1.82) is 0 Å². The van der Waals surface area contributed by atoms with Crippen LogP contribution in [0.3, 0.4) is 0 Å². The topological polar surface area (TPSA) is 9.23 Å². The largest absolute Gasteiger partial charge is 0.497 e. The molecule has 2 aromatic rings. The van der Waals surface area contributed by atoms with Gasteiger partial charge in [-0.15, -0.1) is 0 Å². The fourth-order valence-electron chi connectivity index (χ4n) is 2.42. The van der Waals surface area contributed by atoms with Gasteiger partial charge >= 0.3 is 0 Å². The van der Waals surface area contributed by atoms with Gasteiger partial charge in [-0.2, -0.15) is 0 Å². The maximum absolute atomic E-state index is 5.39. The number of ether oxygens (including phenoxy) is 1. The summed E-state index contributed by atoms with van der Waals surface area (Å²) in [5.41, 5.74) is 5.26. The lowest BCUT2D eigenvalue weighted by Gasteiger charge is -2.14. The number of halogens is 1. The standard InChI is InChI=1S/C18H21BrO/c1-4-6-14-8-9-15(20-3)12-16(14)17-11-13(5-2)7-10-18(17)19/h7-12H,4-6H2,1-3H3. The Labute approximate surface area is 130 Å². The van der Waals surface area contributed by atoms with Crippen molar-refractivity contribution in [2.45, 2.75) is 33.1 Å². The highest BCUT2D eigenvalue weighted by molar-refractivity contribution is 9.10. The Morgan fingerprint density at radius 3 is 2.45 bits per heavy atom. The molecule has 2 aromatic carbocycles. The molecule has 0 aliphatic carbocycles. The summed E-state index contributed by atoms with van der Waals surface area (Å²) in [6.07, 6.45) is 3.28. The van der Waals surface area contributed by atoms with Crippen LogP contribution < -0.4 is 4.74 Å². The zero-order valence-corrected chi connectivity index (χ0v) is 14.0. The van der Waals surface area contributed by atoms with E-state index in [1.165, 1.54) is 22.3 Å². The Hall–Kier alpha value is -1.28. The minimum absolute atomic E-state index is 0.911. The van der Waals surface area contributed by atoms with Crippen LogP contribution in [0.1, 0.15) is 31.4 Å². The minimum atomic E-state index is 0.911. The summed E-state index contributed by atoms with van der Waals surface area (Å²) in [4.78, 5) is 0. The van der Waals surface area contributed by atoms with Crippen LogP contribution in [0.5, 0.6) is 5.75 Å². The molecule has 0 aliphatic heterocycles. The molecule has 2 rings (SSSR count). The van der Waals surface area contributed by atoms with E-state index < -0.39 is 0 Å². The van der Waals surface area contributed by atoms with Gasteiger partial charge in [0, 0.05) is 4.47 Å². The predicted molar refractivity (Wildman–Crippen MR) is 89.5 cm³/mol. The summed E-state index contributed by atoms with van der Waals surface area (Å²) < 4.78 is 6.53. The first-order valence-corrected chi connectivity index (χ1v) is 7.94. The third-order valence-corrected chi connectivity index (χ3v) is 4.26. The molecular weight excluding hydrogens is 312 g/mol. The second kappa shape index (κ2) is 6.94. The van der Waals surface area contributed by atoms with Gasteiger partial charge in [0.2, 0.25) is 0 Å². The van der Waals surface area contributed by atoms with E-state index in [4.69, 9.17) is 4.74 Å². The summed E-state index contributed by atoms with van der Waals surface area (Å²) in [5.74, 6) is 0.911. The summed E-state index contributed by atoms with van der Waals surface area (Å²) in [7, 11) is 1.72. The van der Waals surface area contributed by atoms with E-state index >= 15 is 0 Å². The second-order valence-corrected chi connectivity index (χ2v) is 5.80. The monoisotopic (exact) mass is 332 g/mol. The van der Waals surface area contributed by atoms with Gasteiger partial charge in [-0.25, -0.2) is 0 Å². The van der Waals surface area contributed by atoms with Gasteiger partial charge in [0.25, 0.3) is 0 Å². The van der Waals surface area contributed by atoms with Crippen LogP contribution in [0.2, 0.25) is 0 Å². The number of methoxy groups -OCH3 is 1. The number of hydrogen-bond donors (Lipinski definition) is 0. The quantitative estimate of drug-likeness (QED) is 0.688. The summed E-state index contributed by atoms with van der Waals surface area (Å²) in [6, 6.07) is 13.0. The highest BCUT2D eigenvalue weighted by atomic mass is 79.9. The van der Waals surface area contributed by atoms with Gasteiger partial charge in [0.1, 0.15) is 5.75 Å². The molecule has 1 nitrogen and oxygen atoms in total. The van der Waals surface area contributed by atoms with Gasteiger partial charge in [0.05, 0.1) is 7.11 Å². The average Bonchev–Trinajstić information content (AvgIpc) is 2.48. The lowest BCUT2D eigenvalue weighted by Crippen LogP contribution is -1.93. The van der Waals surface area contributed by atoms with Crippen molar-refractivity contribution in [1.82, 2.24) is 0 Å². The van der Waals surface area contributed by atoms with Crippen LogP contribution in [0.15, 0.2) is 40.9 Å². The van der Waals surface area contributed by atoms with E-state index in [0.717, 1.165) is 29.5 Å². The first-order valence-electron chi connectivity index (χ1n) is 7.15. The molecule has 0 aromatic heterocycles. The fourth-order valence-corrected chi connectivity index (χ4v) is 2.88. The normalized spacial score (nSPS) is 10.6. The Bertz CT molecular complexity index is 590. The van der Waals surface area contributed by atoms with E-state index in [1.54, 1.807) is 7.11 Å². The number of benzene rings is 2. The number of aryl methyl sites for hydroxylation is 2. The molecule has 0 unspecified atom stereocenters. The third-order valence-electron chi connectivity index (χ3n) is 3.57. The molecule has 0 saturated carbocycles. The molecule has 0 radical (unpaired) electrons. The van der Waals surface area contributed by atoms with Crippen molar-refractivity contribution in [3.8, 4) is 16.9 Å². The molecule has 0 N–H and O–H groups in total. The maximum atomic E-state index is 5.39. The summed E-state index contributed by atoms with van der Waals surface area (Å²) >= 11 is 3.69. The lowest BCUT2D eigenvalue weighted by molar-refractivity contribution is 0.415.